The highest BCUT2D eigenvalue weighted by Gasteiger charge is 2.31. The lowest BCUT2D eigenvalue weighted by molar-refractivity contribution is -0.0268. The summed E-state index contributed by atoms with van der Waals surface area (Å²) >= 11 is 0. The van der Waals surface area contributed by atoms with Crippen LogP contribution in [-0.4, -0.2) is 86.7 Å². The summed E-state index contributed by atoms with van der Waals surface area (Å²) in [6.45, 7) is 5.65. The van der Waals surface area contributed by atoms with Crippen LogP contribution in [0.15, 0.2) is 18.6 Å². The van der Waals surface area contributed by atoms with Crippen molar-refractivity contribution in [3.8, 4) is 17.1 Å². The molecule has 2 saturated heterocycles. The van der Waals surface area contributed by atoms with Crippen LogP contribution in [0.25, 0.3) is 16.9 Å². The van der Waals surface area contributed by atoms with Crippen LogP contribution in [0.2, 0.25) is 0 Å². The van der Waals surface area contributed by atoms with Crippen molar-refractivity contribution < 1.29 is 17.9 Å². The maximum Gasteiger partial charge on any atom is 0.244 e. The van der Waals surface area contributed by atoms with Crippen LogP contribution >= 0.6 is 0 Å². The molecular weight excluding hydrogens is 460 g/mol. The fourth-order valence-corrected chi connectivity index (χ4v) is 5.53. The van der Waals surface area contributed by atoms with Gasteiger partial charge in [0.05, 0.1) is 31.4 Å². The maximum absolute atomic E-state index is 11.9. The molecule has 2 N–H and O–H groups in total. The lowest BCUT2D eigenvalue weighted by Crippen LogP contribution is -2.47. The topological polar surface area (TPSA) is 140 Å². The van der Waals surface area contributed by atoms with E-state index in [4.69, 9.17) is 14.6 Å². The number of H-pyrrole nitrogens is 1. The third kappa shape index (κ3) is 4.72. The highest BCUT2D eigenvalue weighted by atomic mass is 32.2. The van der Waals surface area contributed by atoms with E-state index in [-0.39, 0.29) is 24.2 Å². The summed E-state index contributed by atoms with van der Waals surface area (Å²) in [5.74, 6) is 1.08. The van der Waals surface area contributed by atoms with E-state index < -0.39 is 10.0 Å². The maximum atomic E-state index is 11.9. The summed E-state index contributed by atoms with van der Waals surface area (Å²) in [5.41, 5.74) is 1.99. The fraction of sp³-hybridized carbons (Fsp3) is 0.619. The molecule has 4 atom stereocenters. The molecule has 12 nitrogen and oxygen atoms in total. The van der Waals surface area contributed by atoms with Crippen LogP contribution in [-0.2, 0) is 14.8 Å². The molecule has 184 valence electrons. The van der Waals surface area contributed by atoms with Gasteiger partial charge in [0.15, 0.2) is 5.65 Å². The van der Waals surface area contributed by atoms with Crippen LogP contribution < -0.4 is 10.1 Å². The van der Waals surface area contributed by atoms with E-state index in [1.807, 2.05) is 13.8 Å². The van der Waals surface area contributed by atoms with Crippen molar-refractivity contribution in [3.05, 3.63) is 18.6 Å². The minimum Gasteiger partial charge on any atom is -0.473 e. The van der Waals surface area contributed by atoms with Gasteiger partial charge in [0, 0.05) is 43.7 Å². The van der Waals surface area contributed by atoms with Crippen LogP contribution in [0.3, 0.4) is 0 Å². The Morgan fingerprint density at radius 1 is 1.26 bits per heavy atom. The zero-order valence-corrected chi connectivity index (χ0v) is 20.3. The molecule has 3 aromatic heterocycles. The normalized spacial score (nSPS) is 26.6. The number of aromatic nitrogens is 6. The van der Waals surface area contributed by atoms with Crippen molar-refractivity contribution in [1.29, 1.82) is 0 Å². The number of nitrogens with zero attached hydrogens (tertiary/aromatic N) is 6. The van der Waals surface area contributed by atoms with Gasteiger partial charge < -0.3 is 14.8 Å². The predicted molar refractivity (Wildman–Crippen MR) is 125 cm³/mol. The third-order valence-corrected chi connectivity index (χ3v) is 7.74. The summed E-state index contributed by atoms with van der Waals surface area (Å²) in [6.07, 6.45) is 8.70. The first-order valence-corrected chi connectivity index (χ1v) is 13.4. The largest absolute Gasteiger partial charge is 0.473 e. The third-order valence-electron chi connectivity index (χ3n) is 6.47. The van der Waals surface area contributed by atoms with Gasteiger partial charge in [0.25, 0.3) is 0 Å². The Labute approximate surface area is 198 Å². The van der Waals surface area contributed by atoms with Gasteiger partial charge in [0.2, 0.25) is 21.9 Å². The van der Waals surface area contributed by atoms with Crippen molar-refractivity contribution in [1.82, 2.24) is 34.1 Å². The highest BCUT2D eigenvalue weighted by molar-refractivity contribution is 7.88. The van der Waals surface area contributed by atoms with Crippen LogP contribution in [0.4, 0.5) is 5.95 Å². The molecule has 0 aromatic carbocycles. The number of piperidine rings is 1. The summed E-state index contributed by atoms with van der Waals surface area (Å²) in [4.78, 5) is 9.22. The van der Waals surface area contributed by atoms with Gasteiger partial charge in [-0.05, 0) is 19.3 Å². The van der Waals surface area contributed by atoms with E-state index in [0.29, 0.717) is 49.3 Å². The van der Waals surface area contributed by atoms with Crippen molar-refractivity contribution in [2.24, 2.45) is 5.92 Å². The first kappa shape index (κ1) is 23.0. The summed E-state index contributed by atoms with van der Waals surface area (Å²) in [6, 6.07) is 0.0532. The van der Waals surface area contributed by atoms with Gasteiger partial charge in [-0.15, -0.1) is 5.10 Å². The van der Waals surface area contributed by atoms with Gasteiger partial charge in [-0.25, -0.2) is 17.7 Å². The minimum atomic E-state index is -3.20. The Bertz CT molecular complexity index is 1250. The highest BCUT2D eigenvalue weighted by Crippen LogP contribution is 2.31. The number of ether oxygens (including phenoxy) is 2. The number of aromatic amines is 1. The molecular formula is C21H30N8O4S. The van der Waals surface area contributed by atoms with Crippen molar-refractivity contribution in [2.75, 3.05) is 31.3 Å². The Morgan fingerprint density at radius 2 is 2.12 bits per heavy atom. The first-order valence-electron chi connectivity index (χ1n) is 11.5. The SMILES string of the molecule is CC1CC(Oc2c(-c3cn[nH]c3)ncc3nc(N[C@H]4CCN(S(C)(=O)=O)C[C@H]4C)nn23)CCO1. The molecule has 0 aliphatic carbocycles. The summed E-state index contributed by atoms with van der Waals surface area (Å²) in [5, 5.41) is 15.0. The number of anilines is 1. The lowest BCUT2D eigenvalue weighted by atomic mass is 9.95. The molecule has 3 aromatic rings. The summed E-state index contributed by atoms with van der Waals surface area (Å²) in [7, 11) is -3.20. The van der Waals surface area contributed by atoms with Gasteiger partial charge in [-0.1, -0.05) is 6.92 Å². The number of fused-ring (bicyclic) bond motifs is 1. The Hall–Kier alpha value is -2.77. The second kappa shape index (κ2) is 9.12. The average molecular weight is 491 g/mol. The molecule has 5 heterocycles. The smallest absolute Gasteiger partial charge is 0.244 e. The minimum absolute atomic E-state index is 0.0252. The zero-order chi connectivity index (χ0) is 23.9. The quantitative estimate of drug-likeness (QED) is 0.526. The van der Waals surface area contributed by atoms with E-state index in [1.54, 1.807) is 23.1 Å². The Balaban J connectivity index is 1.43. The molecule has 0 bridgehead atoms. The summed E-state index contributed by atoms with van der Waals surface area (Å²) < 4.78 is 39.1. The zero-order valence-electron chi connectivity index (χ0n) is 19.5. The molecule has 34 heavy (non-hydrogen) atoms. The Morgan fingerprint density at radius 3 is 2.82 bits per heavy atom. The molecule has 0 saturated carbocycles. The standard InChI is InChI=1S/C21H30N8O4S/c1-13-12-28(34(3,30)31)6-4-17(13)25-21-26-18-11-22-19(15-9-23-24-10-15)20(29(18)27-21)33-16-5-7-32-14(2)8-16/h9-11,13-14,16-17H,4-8,12H2,1-3H3,(H,23,24)(H,25,27)/t13-,14?,16?,17+/m1/s1. The van der Waals surface area contributed by atoms with Gasteiger partial charge >= 0.3 is 0 Å². The molecule has 2 fully saturated rings. The first-order chi connectivity index (χ1) is 16.3. The van der Waals surface area contributed by atoms with Crippen LogP contribution in [0.5, 0.6) is 5.88 Å². The predicted octanol–water partition coefficient (Wildman–Crippen LogP) is 1.54. The van der Waals surface area contributed by atoms with Crippen LogP contribution in [0.1, 0.15) is 33.1 Å². The molecule has 0 spiro atoms. The fourth-order valence-electron chi connectivity index (χ4n) is 4.59. The Kier molecular flexibility index (Phi) is 6.16. The molecule has 2 aliphatic rings. The second-order valence-corrected chi connectivity index (χ2v) is 11.2. The van der Waals surface area contributed by atoms with Crippen molar-refractivity contribution in [3.63, 3.8) is 0 Å². The van der Waals surface area contributed by atoms with E-state index in [9.17, 15) is 8.42 Å². The van der Waals surface area contributed by atoms with Gasteiger partial charge in [0.1, 0.15) is 11.8 Å². The lowest BCUT2D eigenvalue weighted by Gasteiger charge is -2.35. The number of hydrogen-bond donors (Lipinski definition) is 2. The monoisotopic (exact) mass is 490 g/mol. The molecule has 0 amide bonds. The van der Waals surface area contributed by atoms with E-state index >= 15 is 0 Å². The molecule has 0 radical (unpaired) electrons. The molecule has 2 aliphatic heterocycles. The number of hydrogen-bond acceptors (Lipinski definition) is 9. The van der Waals surface area contributed by atoms with Crippen molar-refractivity contribution >= 4 is 21.6 Å². The number of sulfonamides is 1. The average Bonchev–Trinajstić information content (AvgIpc) is 3.45. The number of rotatable bonds is 6. The molecule has 5 rings (SSSR count). The van der Waals surface area contributed by atoms with Gasteiger partial charge in [-0.3, -0.25) is 5.10 Å². The van der Waals surface area contributed by atoms with Crippen LogP contribution in [0, 0.1) is 5.92 Å². The second-order valence-electron chi connectivity index (χ2n) is 9.19. The van der Waals surface area contributed by atoms with Crippen molar-refractivity contribution in [2.45, 2.75) is 51.4 Å². The molecule has 2 unspecified atom stereocenters. The van der Waals surface area contributed by atoms with E-state index in [2.05, 4.69) is 25.5 Å². The molecule has 13 heteroatoms. The number of nitrogens with one attached hydrogen (secondary N) is 2. The van der Waals surface area contributed by atoms with Gasteiger partial charge in [-0.2, -0.15) is 14.6 Å². The van der Waals surface area contributed by atoms with E-state index in [0.717, 1.165) is 18.4 Å². The van der Waals surface area contributed by atoms with E-state index in [1.165, 1.54) is 10.6 Å².